The van der Waals surface area contributed by atoms with E-state index in [9.17, 15) is 22.8 Å². The Morgan fingerprint density at radius 1 is 1.22 bits per heavy atom. The molecule has 4 atom stereocenters. The van der Waals surface area contributed by atoms with E-state index < -0.39 is 33.9 Å². The van der Waals surface area contributed by atoms with Gasteiger partial charge in [-0.2, -0.15) is 0 Å². The average molecular weight is 535 g/mol. The van der Waals surface area contributed by atoms with Gasteiger partial charge in [0, 0.05) is 12.6 Å². The summed E-state index contributed by atoms with van der Waals surface area (Å²) in [6.45, 7) is 1.48. The number of hydrogen-bond acceptors (Lipinski definition) is 6. The molecule has 3 rings (SSSR count). The van der Waals surface area contributed by atoms with Crippen LogP contribution in [0, 0.1) is 5.92 Å². The van der Waals surface area contributed by atoms with Gasteiger partial charge < -0.3 is 26.5 Å². The van der Waals surface area contributed by atoms with E-state index in [1.807, 2.05) is 0 Å². The van der Waals surface area contributed by atoms with E-state index in [-0.39, 0.29) is 30.2 Å². The molecule has 1 aromatic carbocycles. The second kappa shape index (κ2) is 12.9. The molecular formula is C25H38N6O5S. The molecule has 0 radical (unpaired) electrons. The van der Waals surface area contributed by atoms with Crippen molar-refractivity contribution in [3.05, 3.63) is 30.3 Å². The van der Waals surface area contributed by atoms with Crippen molar-refractivity contribution in [1.82, 2.24) is 10.2 Å². The molecule has 1 aliphatic carbocycles. The lowest BCUT2D eigenvalue weighted by molar-refractivity contribution is -0.140. The van der Waals surface area contributed by atoms with Crippen LogP contribution in [0.2, 0.25) is 0 Å². The quantitative estimate of drug-likeness (QED) is 0.154. The Morgan fingerprint density at radius 3 is 2.57 bits per heavy atom. The maximum Gasteiger partial charge on any atom is 0.244 e. The van der Waals surface area contributed by atoms with Crippen LogP contribution >= 0.6 is 0 Å². The fraction of sp³-hybridized carbons (Fsp3) is 0.600. The van der Waals surface area contributed by atoms with E-state index >= 15 is 0 Å². The van der Waals surface area contributed by atoms with Crippen LogP contribution in [-0.4, -0.2) is 74.3 Å². The number of nitrogens with two attached hydrogens (primary N) is 2. The minimum Gasteiger partial charge on any atom is -0.370 e. The predicted molar refractivity (Wildman–Crippen MR) is 142 cm³/mol. The maximum atomic E-state index is 13.7. The van der Waals surface area contributed by atoms with Crippen LogP contribution < -0.4 is 21.1 Å². The third-order valence-corrected chi connectivity index (χ3v) is 8.90. The van der Waals surface area contributed by atoms with Gasteiger partial charge in [-0.05, 0) is 57.1 Å². The predicted octanol–water partition coefficient (Wildman–Crippen LogP) is 0.740. The third kappa shape index (κ3) is 7.21. The van der Waals surface area contributed by atoms with E-state index in [4.69, 9.17) is 11.5 Å². The zero-order chi connectivity index (χ0) is 27.0. The highest BCUT2D eigenvalue weighted by Gasteiger charge is 2.48. The van der Waals surface area contributed by atoms with Gasteiger partial charge in [0.1, 0.15) is 18.9 Å². The van der Waals surface area contributed by atoms with Gasteiger partial charge in [0.2, 0.25) is 21.8 Å². The highest BCUT2D eigenvalue weighted by molar-refractivity contribution is 7.92. The second-order valence-corrected chi connectivity index (χ2v) is 11.8. The van der Waals surface area contributed by atoms with Crippen LogP contribution in [0.4, 0.5) is 5.69 Å². The number of aldehydes is 1. The lowest BCUT2D eigenvalue weighted by Gasteiger charge is -2.35. The van der Waals surface area contributed by atoms with Crippen molar-refractivity contribution < 1.29 is 22.8 Å². The minimum atomic E-state index is -3.74. The number of fused-ring (bicyclic) bond motifs is 1. The number of benzene rings is 1. The molecule has 11 nitrogen and oxygen atoms in total. The molecule has 0 aromatic heterocycles. The number of anilines is 1. The van der Waals surface area contributed by atoms with Crippen LogP contribution in [0.25, 0.3) is 0 Å². The minimum absolute atomic E-state index is 0.0379. The fourth-order valence-corrected chi connectivity index (χ4v) is 6.39. The van der Waals surface area contributed by atoms with Crippen LogP contribution in [-0.2, 0) is 24.4 Å². The van der Waals surface area contributed by atoms with Crippen molar-refractivity contribution >= 4 is 39.8 Å². The largest absolute Gasteiger partial charge is 0.370 e. The Balaban J connectivity index is 1.79. The first-order valence-corrected chi connectivity index (χ1v) is 14.5. The summed E-state index contributed by atoms with van der Waals surface area (Å²) >= 11 is 0. The maximum absolute atomic E-state index is 13.7. The number of carbonyl (C=O) groups is 3. The first-order chi connectivity index (χ1) is 17.7. The van der Waals surface area contributed by atoms with Crippen molar-refractivity contribution in [3.63, 3.8) is 0 Å². The molecule has 1 saturated heterocycles. The van der Waals surface area contributed by atoms with Crippen LogP contribution in [0.15, 0.2) is 35.3 Å². The van der Waals surface area contributed by atoms with Gasteiger partial charge in [0.15, 0.2) is 5.96 Å². The first-order valence-electron chi connectivity index (χ1n) is 12.9. The number of hydrogen-bond donors (Lipinski definition) is 3. The smallest absolute Gasteiger partial charge is 0.244 e. The number of likely N-dealkylation sites (tertiary alicyclic amines) is 1. The van der Waals surface area contributed by atoms with E-state index in [1.165, 1.54) is 6.92 Å². The number of sulfonamides is 1. The molecule has 1 aliphatic heterocycles. The van der Waals surface area contributed by atoms with E-state index in [1.54, 1.807) is 35.2 Å². The summed E-state index contributed by atoms with van der Waals surface area (Å²) in [4.78, 5) is 44.2. The summed E-state index contributed by atoms with van der Waals surface area (Å²) in [6.07, 6.45) is 5.67. The molecule has 2 amide bonds. The van der Waals surface area contributed by atoms with Crippen molar-refractivity contribution in [2.45, 2.75) is 70.0 Å². The molecular weight excluding hydrogens is 496 g/mol. The summed E-state index contributed by atoms with van der Waals surface area (Å²) in [6, 6.07) is 6.88. The lowest BCUT2D eigenvalue weighted by Crippen LogP contribution is -2.54. The SMILES string of the molecule is CCS(=O)(=O)N(CC(=O)N1[C@@H]2CCCC[C@@H]2C[C@H]1C(=O)N[C@H](C=O)CCCN=C(N)N)c1ccccc1. The monoisotopic (exact) mass is 534 g/mol. The number of aliphatic imine (C=N–C) groups is 1. The Morgan fingerprint density at radius 2 is 1.92 bits per heavy atom. The average Bonchev–Trinajstić information content (AvgIpc) is 3.29. The lowest BCUT2D eigenvalue weighted by atomic mass is 9.84. The van der Waals surface area contributed by atoms with Crippen LogP contribution in [0.1, 0.15) is 51.9 Å². The van der Waals surface area contributed by atoms with E-state index in [0.29, 0.717) is 37.8 Å². The molecule has 37 heavy (non-hydrogen) atoms. The highest BCUT2D eigenvalue weighted by Crippen LogP contribution is 2.40. The fourth-order valence-electron chi connectivity index (χ4n) is 5.33. The molecule has 1 aromatic rings. The normalized spacial score (nSPS) is 22.0. The van der Waals surface area contributed by atoms with Crippen LogP contribution in [0.5, 0.6) is 0 Å². The summed E-state index contributed by atoms with van der Waals surface area (Å²) in [5.41, 5.74) is 11.0. The Bertz CT molecular complexity index is 1080. The van der Waals surface area contributed by atoms with Gasteiger partial charge in [-0.25, -0.2) is 8.42 Å². The number of para-hydroxylation sites is 1. The summed E-state index contributed by atoms with van der Waals surface area (Å²) in [7, 11) is -3.74. The van der Waals surface area contributed by atoms with E-state index in [0.717, 1.165) is 30.0 Å². The number of nitrogens with one attached hydrogen (secondary N) is 1. The van der Waals surface area contributed by atoms with Crippen molar-refractivity contribution in [2.24, 2.45) is 22.4 Å². The molecule has 2 aliphatic rings. The van der Waals surface area contributed by atoms with Crippen LogP contribution in [0.3, 0.4) is 0 Å². The van der Waals surface area contributed by atoms with Crippen molar-refractivity contribution in [3.8, 4) is 0 Å². The molecule has 1 saturated carbocycles. The van der Waals surface area contributed by atoms with Gasteiger partial charge in [0.25, 0.3) is 0 Å². The van der Waals surface area contributed by atoms with Crippen molar-refractivity contribution in [2.75, 3.05) is 23.1 Å². The van der Waals surface area contributed by atoms with Gasteiger partial charge in [-0.3, -0.25) is 18.9 Å². The molecule has 12 heteroatoms. The van der Waals surface area contributed by atoms with E-state index in [2.05, 4.69) is 10.3 Å². The molecule has 0 unspecified atom stereocenters. The number of rotatable bonds is 12. The number of guanidine groups is 1. The molecule has 2 fully saturated rings. The molecule has 0 bridgehead atoms. The van der Waals surface area contributed by atoms with Gasteiger partial charge >= 0.3 is 0 Å². The van der Waals surface area contributed by atoms with Gasteiger partial charge in [-0.1, -0.05) is 31.0 Å². The zero-order valence-corrected chi connectivity index (χ0v) is 22.1. The van der Waals surface area contributed by atoms with Crippen molar-refractivity contribution in [1.29, 1.82) is 0 Å². The highest BCUT2D eigenvalue weighted by atomic mass is 32.2. The number of amides is 2. The van der Waals surface area contributed by atoms with Gasteiger partial charge in [-0.15, -0.1) is 0 Å². The molecule has 204 valence electrons. The topological polar surface area (TPSA) is 168 Å². The van der Waals surface area contributed by atoms with Gasteiger partial charge in [0.05, 0.1) is 17.5 Å². The Labute approximate surface area is 218 Å². The third-order valence-electron chi connectivity index (χ3n) is 7.16. The number of nitrogens with zero attached hydrogens (tertiary/aromatic N) is 3. The first kappa shape index (κ1) is 28.4. The summed E-state index contributed by atoms with van der Waals surface area (Å²) < 4.78 is 26.9. The number of carbonyl (C=O) groups excluding carboxylic acids is 3. The summed E-state index contributed by atoms with van der Waals surface area (Å²) in [5, 5.41) is 2.77. The Hall–Kier alpha value is -3.15. The molecule has 1 heterocycles. The summed E-state index contributed by atoms with van der Waals surface area (Å²) in [5.74, 6) is -0.842. The molecule has 5 N–H and O–H groups in total. The Kier molecular flexibility index (Phi) is 9.90. The standard InChI is InChI=1S/C25H38N6O5S/c1-2-37(35,36)30(20-11-4-3-5-12-20)16-23(33)31-21-13-7-6-9-18(21)15-22(31)24(34)29-19(17-32)10-8-14-28-25(26)27/h3-5,11-12,17-19,21-22H,2,6-10,13-16H2,1H3,(H,29,34)(H4,26,27,28)/t18-,19+,21-,22+/m1/s1. The zero-order valence-electron chi connectivity index (χ0n) is 21.3. The second-order valence-electron chi connectivity index (χ2n) is 9.61. The molecule has 0 spiro atoms.